The van der Waals surface area contributed by atoms with Crippen LogP contribution in [-0.2, 0) is 70.1 Å². The number of nitrogens with zero attached hydrogens (tertiary/aromatic N) is 12. The molecule has 0 aliphatic carbocycles. The number of rotatable bonds is 30. The number of aliphatic hydroxyl groups excluding tert-OH is 3. The zero-order valence-electron chi connectivity index (χ0n) is 63.7. The number of fused-ring (bicyclic) bond motifs is 3. The van der Waals surface area contributed by atoms with Gasteiger partial charge in [0.25, 0.3) is 0 Å². The third-order valence-electron chi connectivity index (χ3n) is 17.2. The summed E-state index contributed by atoms with van der Waals surface area (Å²) in [6.45, 7) is 16.2. The molecule has 3 aliphatic heterocycles. The van der Waals surface area contributed by atoms with Crippen molar-refractivity contribution in [1.82, 2.24) is 73.8 Å². The van der Waals surface area contributed by atoms with Gasteiger partial charge in [-0.1, -0.05) is 54.6 Å². The molecule has 0 saturated carbocycles. The monoisotopic (exact) mass is 1660 g/mol. The highest BCUT2D eigenvalue weighted by Gasteiger charge is 2.59. The molecule has 3 fully saturated rings. The predicted molar refractivity (Wildman–Crippen MR) is 401 cm³/mol. The van der Waals surface area contributed by atoms with Crippen molar-refractivity contribution in [1.29, 1.82) is 0 Å². The van der Waals surface area contributed by atoms with E-state index in [-0.39, 0.29) is 52.0 Å². The maximum absolute atomic E-state index is 15.8. The van der Waals surface area contributed by atoms with Crippen molar-refractivity contribution in [3.05, 3.63) is 129 Å². The number of carbonyl (C=O) groups excluding carboxylic acids is 3. The average molecular weight is 1660 g/mol. The molecule has 114 heavy (non-hydrogen) atoms. The van der Waals surface area contributed by atoms with Gasteiger partial charge in [-0.05, 0) is 119 Å². The molecule has 12 rings (SSSR count). The molecule has 45 heteroatoms. The number of aliphatic hydroxyl groups is 3. The number of nitrogens with one attached hydrogen (secondary N) is 3. The van der Waals surface area contributed by atoms with E-state index in [4.69, 9.17) is 72.8 Å². The summed E-state index contributed by atoms with van der Waals surface area (Å²) < 4.78 is 159. The van der Waals surface area contributed by atoms with E-state index < -0.39 is 170 Å². The zero-order chi connectivity index (χ0) is 83.0. The smallest absolute Gasteiger partial charge is 0.459 e. The van der Waals surface area contributed by atoms with E-state index in [1.165, 1.54) is 72.0 Å². The molecular weight excluding hydrogens is 1570 g/mol. The van der Waals surface area contributed by atoms with Crippen molar-refractivity contribution >= 4 is 92.5 Å². The number of hydrogen-bond acceptors (Lipinski definition) is 33. The molecule has 618 valence electrons. The Labute approximate surface area is 650 Å². The van der Waals surface area contributed by atoms with E-state index in [1.54, 1.807) is 133 Å². The minimum Gasteiger partial charge on any atom is -0.462 e. The Bertz CT molecular complexity index is 4450. The van der Waals surface area contributed by atoms with Gasteiger partial charge in [-0.3, -0.25) is 41.7 Å². The number of nitrogens with two attached hydrogens (primary N) is 3. The van der Waals surface area contributed by atoms with Crippen LogP contribution in [0.1, 0.15) is 102 Å². The number of ether oxygens (including phenoxy) is 6. The van der Waals surface area contributed by atoms with Crippen LogP contribution in [0, 0.1) is 0 Å². The highest BCUT2D eigenvalue weighted by atomic mass is 31.2. The number of carbonyl (C=O) groups is 3. The maximum Gasteiger partial charge on any atom is 0.459 e. The first-order valence-corrected chi connectivity index (χ1v) is 40.2. The molecule has 9 heterocycles. The fourth-order valence-electron chi connectivity index (χ4n) is 11.6. The predicted octanol–water partition coefficient (Wildman–Crippen LogP) is 7.59. The van der Waals surface area contributed by atoms with Crippen LogP contribution >= 0.6 is 23.2 Å². The summed E-state index contributed by atoms with van der Waals surface area (Å²) in [4.78, 5) is 73.2. The van der Waals surface area contributed by atoms with Crippen molar-refractivity contribution in [2.45, 2.75) is 192 Å². The van der Waals surface area contributed by atoms with Crippen LogP contribution in [0.5, 0.6) is 17.2 Å². The Morgan fingerprint density at radius 3 is 0.904 bits per heavy atom. The lowest BCUT2D eigenvalue weighted by Crippen LogP contribution is -2.41. The first kappa shape index (κ1) is 86.9. The number of hydrogen-bond donors (Lipinski definition) is 9. The molecule has 0 amide bonds. The Kier molecular flexibility index (Phi) is 27.6. The number of anilines is 3. The largest absolute Gasteiger partial charge is 0.462 e. The van der Waals surface area contributed by atoms with E-state index in [2.05, 4.69) is 60.1 Å². The lowest BCUT2D eigenvalue weighted by atomic mass is 9.98. The summed E-state index contributed by atoms with van der Waals surface area (Å²) in [6.07, 6.45) is -6.20. The number of benzene rings is 3. The van der Waals surface area contributed by atoms with Gasteiger partial charge < -0.3 is 74.5 Å². The summed E-state index contributed by atoms with van der Waals surface area (Å²) >= 11 is 0. The molecule has 3 aromatic carbocycles. The van der Waals surface area contributed by atoms with Crippen molar-refractivity contribution < 1.29 is 112 Å². The fourth-order valence-corrected chi connectivity index (χ4v) is 16.1. The Hall–Kier alpha value is -9.48. The van der Waals surface area contributed by atoms with E-state index in [0.29, 0.717) is 16.6 Å². The number of nitrogen functional groups attached to an aromatic ring is 3. The molecule has 9 aromatic rings. The molecule has 12 N–H and O–H groups in total. The van der Waals surface area contributed by atoms with Gasteiger partial charge in [-0.15, -0.1) is 0 Å². The molecule has 6 aromatic heterocycles. The molecule has 0 radical (unpaired) electrons. The van der Waals surface area contributed by atoms with Crippen LogP contribution in [0.15, 0.2) is 129 Å². The van der Waals surface area contributed by atoms with Crippen LogP contribution in [0.3, 0.4) is 0 Å². The van der Waals surface area contributed by atoms with Gasteiger partial charge in [0, 0.05) is 0 Å². The Morgan fingerprint density at radius 2 is 0.675 bits per heavy atom. The second kappa shape index (κ2) is 36.1. The molecule has 0 bridgehead atoms. The molecule has 1 unspecified atom stereocenters. The summed E-state index contributed by atoms with van der Waals surface area (Å²) in [5.74, 6) is -1.61. The summed E-state index contributed by atoms with van der Waals surface area (Å²) in [5, 5.41) is 39.9. The van der Waals surface area contributed by atoms with Crippen molar-refractivity contribution in [2.75, 3.05) is 37.0 Å². The van der Waals surface area contributed by atoms with Crippen LogP contribution in [0.4, 0.5) is 31.0 Å². The molecular formula is C69H90F3N18O21P3. The van der Waals surface area contributed by atoms with E-state index in [1.807, 2.05) is 0 Å². The van der Waals surface area contributed by atoms with Crippen molar-refractivity contribution in [2.24, 2.45) is 0 Å². The summed E-state index contributed by atoms with van der Waals surface area (Å²) in [5.41, 5.74) is 11.7. The standard InChI is InChI=1S/3C23H30FN6O7P/c3*1-13(2)35-20(32)14(3)29-38(33,37-15-8-6-5-7-9-15)34-11-17-18(31)23(4,24)21(36-17)30-12-27-16-10-26-22(25)28-19(16)30/h3*5-10,12-14,17-18,21,31H,11H2,1-4H3,(H,29,33)(H2,25,26,28)/t14-,17-,18-,21-,23-,38?;14-,17-,18-,21-,23-,38+;14-,17-,18-,21-,23-,38-/m111/s1. The molecule has 0 spiro atoms. The first-order chi connectivity index (χ1) is 53.7. The van der Waals surface area contributed by atoms with Gasteiger partial charge >= 0.3 is 41.1 Å². The third-order valence-corrected chi connectivity index (χ3v) is 22.1. The van der Waals surface area contributed by atoms with Crippen LogP contribution < -0.4 is 46.0 Å². The topological polar surface area (TPSA) is 519 Å². The molecule has 39 nitrogen and oxygen atoms in total. The number of imidazole rings is 3. The number of alkyl halides is 3. The number of esters is 3. The Balaban J connectivity index is 0.000000181. The van der Waals surface area contributed by atoms with Gasteiger partial charge in [0.1, 0.15) is 88.5 Å². The van der Waals surface area contributed by atoms with Gasteiger partial charge in [0.2, 0.25) is 17.8 Å². The molecule has 3 saturated heterocycles. The summed E-state index contributed by atoms with van der Waals surface area (Å²) in [7, 11) is -12.8. The maximum atomic E-state index is 15.8. The van der Waals surface area contributed by atoms with Gasteiger partial charge in [0.15, 0.2) is 52.6 Å². The highest BCUT2D eigenvalue weighted by molar-refractivity contribution is 7.52. The van der Waals surface area contributed by atoms with E-state index >= 15 is 13.2 Å². The van der Waals surface area contributed by atoms with E-state index in [0.717, 1.165) is 20.8 Å². The summed E-state index contributed by atoms with van der Waals surface area (Å²) in [6, 6.07) is 21.2. The van der Waals surface area contributed by atoms with Crippen LogP contribution in [-0.4, -0.2) is 202 Å². The normalized spacial score (nSPS) is 25.8. The van der Waals surface area contributed by atoms with E-state index in [9.17, 15) is 43.4 Å². The number of aromatic nitrogens is 12. The quantitative estimate of drug-likeness (QED) is 0.0119. The Morgan fingerprint density at radius 1 is 0.439 bits per heavy atom. The zero-order valence-corrected chi connectivity index (χ0v) is 66.4. The number of para-hydroxylation sites is 3. The average Bonchev–Trinajstić information content (AvgIpc) is 1.61. The van der Waals surface area contributed by atoms with Gasteiger partial charge in [0.05, 0.1) is 75.7 Å². The SMILES string of the molecule is CC(C)OC(=O)[C@@H](C)NP(=O)(OC[C@H]1O[C@@H](n2cnc3cnc(N)nc32)[C@](C)(F)[C@@H]1O)Oc1ccccc1.CC(C)OC(=O)[C@@H](C)N[P@@](=O)(OC[C@H]1O[C@@H](n2cnc3cnc(N)nc32)[C@](C)(F)[C@@H]1O)Oc1ccccc1.CC(C)OC(=O)[C@@H](C)N[P@](=O)(OC[C@H]1O[C@@H](n2cnc3cnc(N)nc32)[C@](C)(F)[C@@H]1O)Oc1ccccc1. The molecule has 18 atom stereocenters. The lowest BCUT2D eigenvalue weighted by Gasteiger charge is -2.25. The fraction of sp³-hybridized carbons (Fsp3) is 0.478. The van der Waals surface area contributed by atoms with Crippen LogP contribution in [0.25, 0.3) is 33.5 Å². The van der Waals surface area contributed by atoms with Gasteiger partial charge in [-0.25, -0.2) is 56.8 Å². The second-order valence-corrected chi connectivity index (χ2v) is 32.8. The first-order valence-electron chi connectivity index (χ1n) is 35.5. The third kappa shape index (κ3) is 21.0. The highest BCUT2D eigenvalue weighted by Crippen LogP contribution is 2.52. The lowest BCUT2D eigenvalue weighted by molar-refractivity contribution is -0.150. The van der Waals surface area contributed by atoms with Crippen molar-refractivity contribution in [3.8, 4) is 17.2 Å². The second-order valence-electron chi connectivity index (χ2n) is 27.7. The minimum absolute atomic E-state index is 0.0478. The molecule has 3 aliphatic rings. The minimum atomic E-state index is -4.26. The number of halogens is 3. The van der Waals surface area contributed by atoms with Gasteiger partial charge in [-0.2, -0.15) is 30.2 Å². The van der Waals surface area contributed by atoms with Crippen molar-refractivity contribution in [3.63, 3.8) is 0 Å². The van der Waals surface area contributed by atoms with Crippen LogP contribution in [0.2, 0.25) is 0 Å².